The molecule has 0 spiro atoms. The van der Waals surface area contributed by atoms with Crippen LogP contribution in [0.15, 0.2) is 24.3 Å². The molecule has 0 unspecified atom stereocenters. The van der Waals surface area contributed by atoms with E-state index in [1.54, 1.807) is 24.3 Å². The molecule has 0 amide bonds. The quantitative estimate of drug-likeness (QED) is 0.355. The molecule has 0 aromatic heterocycles. The maximum absolute atomic E-state index is 8.47. The molecule has 0 fully saturated rings. The smallest absolute Gasteiger partial charge is 0.412 e. The topological polar surface area (TPSA) is 80.9 Å². The van der Waals surface area contributed by atoms with Gasteiger partial charge >= 0.3 is 7.12 Å². The van der Waals surface area contributed by atoms with Crippen molar-refractivity contribution in [1.82, 2.24) is 0 Å². The molecular weight excluding hydrogens is 262 g/mol. The molecule has 2 rings (SSSR count). The molecule has 2 aromatic rings. The molecule has 0 aliphatic heterocycles. The van der Waals surface area contributed by atoms with Gasteiger partial charge in [-0.3, -0.25) is 0 Å². The molecule has 92 valence electrons. The summed E-state index contributed by atoms with van der Waals surface area (Å²) in [6.45, 7) is 0. The van der Waals surface area contributed by atoms with E-state index in [-0.39, 0.29) is 22.5 Å². The van der Waals surface area contributed by atoms with Gasteiger partial charge in [0.1, 0.15) is 0 Å². The Kier molecular flexibility index (Phi) is 7.91. The fourth-order valence-electron chi connectivity index (χ4n) is 0.919. The predicted molar refractivity (Wildman–Crippen MR) is 59.1 cm³/mol. The Morgan fingerprint density at radius 3 is 1.53 bits per heavy atom. The van der Waals surface area contributed by atoms with Gasteiger partial charge in [-0.05, 0) is 0 Å². The second-order valence-corrected chi connectivity index (χ2v) is 2.88. The summed E-state index contributed by atoms with van der Waals surface area (Å²) in [4.78, 5) is 0. The zero-order chi connectivity index (χ0) is 12.0. The van der Waals surface area contributed by atoms with Crippen molar-refractivity contribution in [2.24, 2.45) is 0 Å². The van der Waals surface area contributed by atoms with Crippen LogP contribution in [0.5, 0.6) is 0 Å². The molecule has 0 aliphatic rings. The first-order valence-electron chi connectivity index (χ1n) is 4.44. The van der Waals surface area contributed by atoms with Crippen LogP contribution in [0.4, 0.5) is 0 Å². The van der Waals surface area contributed by atoms with E-state index >= 15 is 0 Å². The van der Waals surface area contributed by atoms with Crippen LogP contribution < -0.4 is 10.9 Å². The van der Waals surface area contributed by atoms with Gasteiger partial charge in [-0.25, -0.2) is 12.1 Å². The minimum absolute atomic E-state index is 0. The van der Waals surface area contributed by atoms with Gasteiger partial charge in [0.2, 0.25) is 7.12 Å². The van der Waals surface area contributed by atoms with Crippen LogP contribution in [0, 0.1) is 24.3 Å². The van der Waals surface area contributed by atoms with Crippen molar-refractivity contribution in [3.05, 3.63) is 48.5 Å². The average Bonchev–Trinajstić information content (AvgIpc) is 2.93. The Morgan fingerprint density at radius 1 is 0.824 bits per heavy atom. The molecular formula is C10H8B2FeO4-6. The van der Waals surface area contributed by atoms with E-state index in [1.165, 1.54) is 0 Å². The summed E-state index contributed by atoms with van der Waals surface area (Å²) in [6.07, 6.45) is 0. The minimum atomic E-state index is -1.49. The summed E-state index contributed by atoms with van der Waals surface area (Å²) in [5, 5.41) is 33.7. The van der Waals surface area contributed by atoms with E-state index in [0.29, 0.717) is 5.46 Å². The van der Waals surface area contributed by atoms with Crippen LogP contribution in [-0.2, 0) is 17.1 Å². The average molecular weight is 270 g/mol. The standard InChI is InChI=1S/C5H6BO2.C5H2BO2.Fe/c2*7-6(8)5-3-1-2-4-5;/h1-4,7-8H;7-8H;/q-1;-5;. The van der Waals surface area contributed by atoms with Crippen molar-refractivity contribution >= 4 is 25.2 Å². The molecule has 0 saturated heterocycles. The fourth-order valence-corrected chi connectivity index (χ4v) is 0.919. The zero-order valence-corrected chi connectivity index (χ0v) is 9.71. The molecule has 0 bridgehead atoms. The summed E-state index contributed by atoms with van der Waals surface area (Å²) in [5.74, 6) is 0. The van der Waals surface area contributed by atoms with Crippen LogP contribution in [0.3, 0.4) is 0 Å². The Labute approximate surface area is 111 Å². The van der Waals surface area contributed by atoms with E-state index in [4.69, 9.17) is 20.1 Å². The van der Waals surface area contributed by atoms with Gasteiger partial charge in [-0.1, -0.05) is 0 Å². The number of hydrogen-bond donors (Lipinski definition) is 4. The molecule has 4 nitrogen and oxygen atoms in total. The van der Waals surface area contributed by atoms with Gasteiger partial charge in [-0.15, -0.1) is 5.46 Å². The van der Waals surface area contributed by atoms with Crippen LogP contribution in [0.2, 0.25) is 0 Å². The predicted octanol–water partition coefficient (Wildman–Crippen LogP) is -2.63. The molecule has 2 aromatic carbocycles. The Hall–Kier alpha value is -0.811. The third kappa shape index (κ3) is 5.89. The van der Waals surface area contributed by atoms with Crippen LogP contribution in [0.25, 0.3) is 0 Å². The Morgan fingerprint density at radius 2 is 1.29 bits per heavy atom. The van der Waals surface area contributed by atoms with Crippen molar-refractivity contribution in [2.75, 3.05) is 0 Å². The first-order valence-corrected chi connectivity index (χ1v) is 4.44. The molecule has 4 N–H and O–H groups in total. The Balaban J connectivity index is 0.000000284. The second-order valence-electron chi connectivity index (χ2n) is 2.88. The van der Waals surface area contributed by atoms with Gasteiger partial charge in [0, 0.05) is 17.1 Å². The van der Waals surface area contributed by atoms with Crippen molar-refractivity contribution in [2.45, 2.75) is 0 Å². The van der Waals surface area contributed by atoms with Crippen molar-refractivity contribution in [1.29, 1.82) is 0 Å². The van der Waals surface area contributed by atoms with E-state index in [0.717, 1.165) is 0 Å². The molecule has 0 atom stereocenters. The number of hydrogen-bond acceptors (Lipinski definition) is 4. The maximum atomic E-state index is 8.47. The third-order valence-corrected chi connectivity index (χ3v) is 1.70. The monoisotopic (exact) mass is 270 g/mol. The number of rotatable bonds is 2. The first-order chi connectivity index (χ1) is 7.61. The van der Waals surface area contributed by atoms with Crippen molar-refractivity contribution in [3.8, 4) is 0 Å². The summed E-state index contributed by atoms with van der Waals surface area (Å²) in [7, 11) is -2.80. The summed E-state index contributed by atoms with van der Waals surface area (Å²) in [5.41, 5.74) is 0.731. The van der Waals surface area contributed by atoms with E-state index < -0.39 is 14.2 Å². The van der Waals surface area contributed by atoms with E-state index in [2.05, 4.69) is 24.3 Å². The molecule has 0 radical (unpaired) electrons. The molecule has 17 heavy (non-hydrogen) atoms. The van der Waals surface area contributed by atoms with Gasteiger partial charge in [0.15, 0.2) is 0 Å². The summed E-state index contributed by atoms with van der Waals surface area (Å²) < 4.78 is 0. The van der Waals surface area contributed by atoms with Gasteiger partial charge in [0.05, 0.1) is 0 Å². The van der Waals surface area contributed by atoms with Gasteiger partial charge in [0.25, 0.3) is 0 Å². The zero-order valence-electron chi connectivity index (χ0n) is 8.61. The largest absolute Gasteiger partial charge is 0.999 e. The third-order valence-electron chi connectivity index (χ3n) is 1.70. The van der Waals surface area contributed by atoms with Crippen LogP contribution >= 0.6 is 0 Å². The normalized spacial score (nSPS) is 8.71. The van der Waals surface area contributed by atoms with Gasteiger partial charge in [-0.2, -0.15) is 12.1 Å². The Bertz CT molecular complexity index is 335. The summed E-state index contributed by atoms with van der Waals surface area (Å²) >= 11 is 0. The summed E-state index contributed by atoms with van der Waals surface area (Å²) in [6, 6.07) is 16.4. The molecule has 0 aliphatic carbocycles. The molecule has 7 heteroatoms. The maximum Gasteiger partial charge on any atom is 0.412 e. The second kappa shape index (κ2) is 8.31. The first kappa shape index (κ1) is 16.2. The van der Waals surface area contributed by atoms with Crippen LogP contribution in [0.1, 0.15) is 0 Å². The van der Waals surface area contributed by atoms with Crippen LogP contribution in [-0.4, -0.2) is 34.3 Å². The van der Waals surface area contributed by atoms with Gasteiger partial charge < -0.3 is 49.8 Å². The van der Waals surface area contributed by atoms with E-state index in [1.807, 2.05) is 0 Å². The molecule has 0 saturated carbocycles. The van der Waals surface area contributed by atoms with Crippen molar-refractivity contribution < 1.29 is 37.2 Å². The minimum Gasteiger partial charge on any atom is -0.999 e. The van der Waals surface area contributed by atoms with E-state index in [9.17, 15) is 0 Å². The molecule has 0 heterocycles. The fraction of sp³-hybridized carbons (Fsp3) is 0. The van der Waals surface area contributed by atoms with Crippen molar-refractivity contribution in [3.63, 3.8) is 0 Å². The SMILES string of the molecule is OB(O)[c-]1[c-][c-][c-][c-]1.OB(O)[c-]1cccc1.[Fe].